The number of hydrogen-bond acceptors (Lipinski definition) is 6. The molecule has 3 heterocycles. The van der Waals surface area contributed by atoms with Crippen LogP contribution in [0.5, 0.6) is 0 Å². The molecule has 0 aliphatic rings. The van der Waals surface area contributed by atoms with E-state index in [2.05, 4.69) is 26.7 Å². The third-order valence-corrected chi connectivity index (χ3v) is 4.96. The Morgan fingerprint density at radius 1 is 1.29 bits per heavy atom. The zero-order valence-corrected chi connectivity index (χ0v) is 14.0. The van der Waals surface area contributed by atoms with Gasteiger partial charge in [-0.3, -0.25) is 9.71 Å². The van der Waals surface area contributed by atoms with Gasteiger partial charge in [0.1, 0.15) is 4.90 Å². The van der Waals surface area contributed by atoms with Crippen molar-refractivity contribution in [3.63, 3.8) is 0 Å². The summed E-state index contributed by atoms with van der Waals surface area (Å²) in [6.45, 7) is 2.05. The molecule has 0 spiro atoms. The molecule has 3 aromatic rings. The number of hydrogen-bond donors (Lipinski definition) is 2. The smallest absolute Gasteiger partial charge is 0.263 e. The van der Waals surface area contributed by atoms with Crippen LogP contribution in [-0.2, 0) is 16.4 Å². The summed E-state index contributed by atoms with van der Waals surface area (Å²) < 4.78 is 29.4. The first-order chi connectivity index (χ1) is 11.5. The average Bonchev–Trinajstić information content (AvgIpc) is 2.92. The number of unbranched alkanes of at least 4 members (excludes halogenated alkanes) is 1. The quantitative estimate of drug-likeness (QED) is 0.704. The maximum absolute atomic E-state index is 12.7. The van der Waals surface area contributed by atoms with Gasteiger partial charge in [0, 0.05) is 6.20 Å². The third-order valence-electron chi connectivity index (χ3n) is 3.50. The van der Waals surface area contributed by atoms with Crippen LogP contribution in [0.2, 0.25) is 0 Å². The van der Waals surface area contributed by atoms with Crippen molar-refractivity contribution in [2.45, 2.75) is 31.1 Å². The Bertz CT molecular complexity index is 967. The fraction of sp³-hybridized carbons (Fsp3) is 0.267. The van der Waals surface area contributed by atoms with E-state index in [4.69, 9.17) is 5.73 Å². The molecule has 0 amide bonds. The first kappa shape index (κ1) is 16.2. The Labute approximate surface area is 139 Å². The van der Waals surface area contributed by atoms with Gasteiger partial charge in [-0.2, -0.15) is 4.98 Å². The van der Waals surface area contributed by atoms with Crippen molar-refractivity contribution in [2.75, 3.05) is 10.5 Å². The molecule has 3 rings (SSSR count). The van der Waals surface area contributed by atoms with Crippen molar-refractivity contribution >= 4 is 27.3 Å². The SMILES string of the molecule is CCCCc1ncccc1S(=O)(=O)Nc1ccc2nc(N)nn2c1. The van der Waals surface area contributed by atoms with E-state index in [1.54, 1.807) is 30.5 Å². The number of nitrogens with two attached hydrogens (primary N) is 1. The molecule has 0 aromatic carbocycles. The van der Waals surface area contributed by atoms with Crippen LogP contribution in [0.3, 0.4) is 0 Å². The number of sulfonamides is 1. The van der Waals surface area contributed by atoms with Crippen molar-refractivity contribution in [3.8, 4) is 0 Å². The van der Waals surface area contributed by atoms with Crippen LogP contribution in [0, 0.1) is 0 Å². The molecule has 0 fully saturated rings. The summed E-state index contributed by atoms with van der Waals surface area (Å²) in [4.78, 5) is 8.40. The second-order valence-electron chi connectivity index (χ2n) is 5.35. The van der Waals surface area contributed by atoms with Gasteiger partial charge in [-0.05, 0) is 37.1 Å². The molecule has 8 nitrogen and oxygen atoms in total. The lowest BCUT2D eigenvalue weighted by atomic mass is 10.2. The van der Waals surface area contributed by atoms with E-state index in [1.165, 1.54) is 10.7 Å². The van der Waals surface area contributed by atoms with Crippen molar-refractivity contribution < 1.29 is 8.42 Å². The molecule has 0 atom stereocenters. The van der Waals surface area contributed by atoms with Gasteiger partial charge >= 0.3 is 0 Å². The molecule has 9 heteroatoms. The molecule has 3 aromatic heterocycles. The number of nitrogens with one attached hydrogen (secondary N) is 1. The molecule has 3 N–H and O–H groups in total. The molecule has 24 heavy (non-hydrogen) atoms. The number of fused-ring (bicyclic) bond motifs is 1. The second-order valence-corrected chi connectivity index (χ2v) is 7.00. The molecule has 0 saturated carbocycles. The highest BCUT2D eigenvalue weighted by Crippen LogP contribution is 2.20. The first-order valence-electron chi connectivity index (χ1n) is 7.58. The standard InChI is InChI=1S/C15H18N6O2S/c1-2-3-5-12-13(6-4-9-17-12)24(22,23)20-11-7-8-14-18-15(16)19-21(14)10-11/h4,6-10,20H,2-3,5H2,1H3,(H2,16,19). The van der Waals surface area contributed by atoms with E-state index in [1.807, 2.05) is 0 Å². The lowest BCUT2D eigenvalue weighted by Gasteiger charge is -2.11. The molecule has 0 unspecified atom stereocenters. The van der Waals surface area contributed by atoms with Crippen molar-refractivity contribution in [1.29, 1.82) is 0 Å². The summed E-state index contributed by atoms with van der Waals surface area (Å²) >= 11 is 0. The Balaban J connectivity index is 1.92. The Kier molecular flexibility index (Phi) is 4.34. The minimum Gasteiger partial charge on any atom is -0.366 e. The Hall–Kier alpha value is -2.68. The summed E-state index contributed by atoms with van der Waals surface area (Å²) in [5.74, 6) is 0.129. The predicted molar refractivity (Wildman–Crippen MR) is 91.1 cm³/mol. The van der Waals surface area contributed by atoms with Crippen molar-refractivity contribution in [1.82, 2.24) is 19.6 Å². The van der Waals surface area contributed by atoms with E-state index in [-0.39, 0.29) is 10.8 Å². The molecule has 0 bridgehead atoms. The van der Waals surface area contributed by atoms with Crippen LogP contribution in [0.1, 0.15) is 25.5 Å². The minimum atomic E-state index is -3.74. The number of rotatable bonds is 6. The molecule has 0 radical (unpaired) electrons. The number of anilines is 2. The van der Waals surface area contributed by atoms with Gasteiger partial charge in [0.2, 0.25) is 5.95 Å². The summed E-state index contributed by atoms with van der Waals surface area (Å²) in [6.07, 6.45) is 5.59. The highest BCUT2D eigenvalue weighted by molar-refractivity contribution is 7.92. The van der Waals surface area contributed by atoms with E-state index in [0.717, 1.165) is 12.8 Å². The van der Waals surface area contributed by atoms with Crippen LogP contribution >= 0.6 is 0 Å². The summed E-state index contributed by atoms with van der Waals surface area (Å²) in [5.41, 5.74) is 7.02. The zero-order valence-electron chi connectivity index (χ0n) is 13.2. The van der Waals surface area contributed by atoms with Crippen LogP contribution in [-0.4, -0.2) is 28.0 Å². The van der Waals surface area contributed by atoms with Gasteiger partial charge < -0.3 is 5.73 Å². The molecule has 0 aliphatic heterocycles. The number of nitrogens with zero attached hydrogens (tertiary/aromatic N) is 4. The average molecular weight is 346 g/mol. The number of aryl methyl sites for hydroxylation is 1. The highest BCUT2D eigenvalue weighted by Gasteiger charge is 2.19. The number of aromatic nitrogens is 4. The normalized spacial score (nSPS) is 11.7. The fourth-order valence-corrected chi connectivity index (χ4v) is 3.63. The van der Waals surface area contributed by atoms with E-state index in [9.17, 15) is 8.42 Å². The maximum atomic E-state index is 12.7. The summed E-state index contributed by atoms with van der Waals surface area (Å²) in [5, 5.41) is 3.97. The summed E-state index contributed by atoms with van der Waals surface area (Å²) in [7, 11) is -3.74. The Morgan fingerprint density at radius 3 is 2.92 bits per heavy atom. The monoisotopic (exact) mass is 346 g/mol. The zero-order chi connectivity index (χ0) is 17.2. The second kappa shape index (κ2) is 6.44. The van der Waals surface area contributed by atoms with E-state index < -0.39 is 10.0 Å². The van der Waals surface area contributed by atoms with Gasteiger partial charge in [0.05, 0.1) is 17.6 Å². The fourth-order valence-electron chi connectivity index (χ4n) is 2.37. The predicted octanol–water partition coefficient (Wildman–Crippen LogP) is 1.85. The molecule has 0 aliphatic carbocycles. The van der Waals surface area contributed by atoms with Crippen LogP contribution < -0.4 is 10.5 Å². The largest absolute Gasteiger partial charge is 0.366 e. The molecule has 0 saturated heterocycles. The van der Waals surface area contributed by atoms with Gasteiger partial charge in [-0.25, -0.2) is 12.9 Å². The van der Waals surface area contributed by atoms with E-state index >= 15 is 0 Å². The van der Waals surface area contributed by atoms with Gasteiger partial charge in [-0.1, -0.05) is 13.3 Å². The van der Waals surface area contributed by atoms with Crippen LogP contribution in [0.25, 0.3) is 5.65 Å². The van der Waals surface area contributed by atoms with Gasteiger partial charge in [-0.15, -0.1) is 5.10 Å². The van der Waals surface area contributed by atoms with Crippen molar-refractivity contribution in [3.05, 3.63) is 42.4 Å². The van der Waals surface area contributed by atoms with Crippen LogP contribution in [0.15, 0.2) is 41.6 Å². The third kappa shape index (κ3) is 3.30. The van der Waals surface area contributed by atoms with E-state index in [0.29, 0.717) is 23.4 Å². The van der Waals surface area contributed by atoms with Crippen molar-refractivity contribution in [2.24, 2.45) is 0 Å². The first-order valence-corrected chi connectivity index (χ1v) is 9.06. The molecule has 126 valence electrons. The van der Waals surface area contributed by atoms with Gasteiger partial charge in [0.15, 0.2) is 5.65 Å². The Morgan fingerprint density at radius 2 is 2.12 bits per heavy atom. The summed E-state index contributed by atoms with van der Waals surface area (Å²) in [6, 6.07) is 6.43. The minimum absolute atomic E-state index is 0.129. The number of nitrogen functional groups attached to an aromatic ring is 1. The molecular weight excluding hydrogens is 328 g/mol. The van der Waals surface area contributed by atoms with Crippen LogP contribution in [0.4, 0.5) is 11.6 Å². The maximum Gasteiger partial charge on any atom is 0.263 e. The van der Waals surface area contributed by atoms with Gasteiger partial charge in [0.25, 0.3) is 10.0 Å². The molecular formula is C15H18N6O2S. The highest BCUT2D eigenvalue weighted by atomic mass is 32.2. The topological polar surface area (TPSA) is 115 Å². The lowest BCUT2D eigenvalue weighted by Crippen LogP contribution is -2.16. The number of pyridine rings is 2. The lowest BCUT2D eigenvalue weighted by molar-refractivity contribution is 0.598.